The van der Waals surface area contributed by atoms with Gasteiger partial charge in [-0.15, -0.1) is 0 Å². The normalized spacial score (nSPS) is 15.2. The first-order valence-corrected chi connectivity index (χ1v) is 6.57. The van der Waals surface area contributed by atoms with Gasteiger partial charge in [0, 0.05) is 18.0 Å². The molecule has 20 heavy (non-hydrogen) atoms. The molecule has 1 aromatic rings. The molecule has 1 aliphatic heterocycles. The van der Waals surface area contributed by atoms with Gasteiger partial charge in [-0.05, 0) is 19.9 Å². The third-order valence-electron chi connectivity index (χ3n) is 3.03. The highest BCUT2D eigenvalue weighted by Crippen LogP contribution is 2.14. The Hall–Kier alpha value is -1.96. The lowest BCUT2D eigenvalue weighted by Crippen LogP contribution is -2.36. The van der Waals surface area contributed by atoms with E-state index >= 15 is 0 Å². The van der Waals surface area contributed by atoms with Crippen LogP contribution in [0.4, 0.5) is 0 Å². The van der Waals surface area contributed by atoms with Crippen LogP contribution in [0.5, 0.6) is 0 Å². The van der Waals surface area contributed by atoms with Crippen LogP contribution in [0.15, 0.2) is 6.07 Å². The molecule has 0 saturated carbocycles. The van der Waals surface area contributed by atoms with Gasteiger partial charge in [-0.25, -0.2) is 4.79 Å². The fraction of sp³-hybridized carbons (Fsp3) is 0.667. The molecule has 1 aliphatic rings. The number of hydrogen-bond donors (Lipinski definition) is 0. The Morgan fingerprint density at radius 2 is 2.30 bits per heavy atom. The van der Waals surface area contributed by atoms with E-state index in [2.05, 4.69) is 5.10 Å². The molecule has 0 aromatic carbocycles. The Morgan fingerprint density at radius 1 is 1.55 bits per heavy atom. The molecule has 2 heterocycles. The molecule has 0 spiro atoms. The zero-order chi connectivity index (χ0) is 14.7. The van der Waals surface area contributed by atoms with Crippen LogP contribution in [-0.4, -0.2) is 51.3 Å². The predicted octanol–water partition coefficient (Wildman–Crippen LogP) is 0.541. The van der Waals surface area contributed by atoms with E-state index in [0.29, 0.717) is 31.9 Å². The zero-order valence-electron chi connectivity index (χ0n) is 11.6. The van der Waals surface area contributed by atoms with Crippen molar-refractivity contribution in [3.8, 4) is 0 Å². The molecule has 0 saturated heterocycles. The Morgan fingerprint density at radius 3 is 2.95 bits per heavy atom. The van der Waals surface area contributed by atoms with E-state index in [1.807, 2.05) is 4.90 Å². The SMILES string of the molecule is CC(C)OC(=O)c1cc2n(n1)CCN(CC[N+](=O)[O-])C2. The summed E-state index contributed by atoms with van der Waals surface area (Å²) in [6.07, 6.45) is -0.183. The number of carbonyl (C=O) groups excluding carboxylic acids is 1. The van der Waals surface area contributed by atoms with Crippen LogP contribution in [-0.2, 0) is 17.8 Å². The molecule has 2 rings (SSSR count). The Kier molecular flexibility index (Phi) is 4.33. The minimum atomic E-state index is -0.432. The molecule has 0 amide bonds. The fourth-order valence-electron chi connectivity index (χ4n) is 2.11. The van der Waals surface area contributed by atoms with Crippen LogP contribution in [0.3, 0.4) is 0 Å². The Bertz CT molecular complexity index is 512. The van der Waals surface area contributed by atoms with E-state index in [1.165, 1.54) is 0 Å². The average Bonchev–Trinajstić information content (AvgIpc) is 2.78. The first kappa shape index (κ1) is 14.4. The van der Waals surface area contributed by atoms with Crippen molar-refractivity contribution in [3.05, 3.63) is 27.6 Å². The third kappa shape index (κ3) is 3.53. The molecule has 0 atom stereocenters. The van der Waals surface area contributed by atoms with Gasteiger partial charge < -0.3 is 4.74 Å². The van der Waals surface area contributed by atoms with Crippen LogP contribution in [0, 0.1) is 10.1 Å². The number of carbonyl (C=O) groups is 1. The van der Waals surface area contributed by atoms with Crippen LogP contribution < -0.4 is 0 Å². The molecule has 0 bridgehead atoms. The number of fused-ring (bicyclic) bond motifs is 1. The maximum atomic E-state index is 11.8. The zero-order valence-corrected chi connectivity index (χ0v) is 11.6. The van der Waals surface area contributed by atoms with E-state index in [9.17, 15) is 14.9 Å². The van der Waals surface area contributed by atoms with E-state index in [-0.39, 0.29) is 17.6 Å². The van der Waals surface area contributed by atoms with Crippen LogP contribution in [0.2, 0.25) is 0 Å². The second-order valence-corrected chi connectivity index (χ2v) is 5.03. The van der Waals surface area contributed by atoms with Crippen molar-refractivity contribution in [1.82, 2.24) is 14.7 Å². The smallest absolute Gasteiger partial charge is 0.359 e. The highest BCUT2D eigenvalue weighted by atomic mass is 16.6. The summed E-state index contributed by atoms with van der Waals surface area (Å²) in [5, 5.41) is 14.6. The summed E-state index contributed by atoms with van der Waals surface area (Å²) < 4.78 is 6.87. The summed E-state index contributed by atoms with van der Waals surface area (Å²) in [6, 6.07) is 1.70. The molecule has 0 unspecified atom stereocenters. The summed E-state index contributed by atoms with van der Waals surface area (Å²) in [6.45, 7) is 5.79. The molecular formula is C12H18N4O4. The summed E-state index contributed by atoms with van der Waals surface area (Å²) in [4.78, 5) is 23.8. The molecule has 0 fully saturated rings. The number of aromatic nitrogens is 2. The molecule has 1 aromatic heterocycles. The topological polar surface area (TPSA) is 90.5 Å². The lowest BCUT2D eigenvalue weighted by molar-refractivity contribution is -0.480. The van der Waals surface area contributed by atoms with E-state index in [1.54, 1.807) is 24.6 Å². The van der Waals surface area contributed by atoms with Crippen molar-refractivity contribution < 1.29 is 14.5 Å². The van der Waals surface area contributed by atoms with Gasteiger partial charge in [-0.1, -0.05) is 0 Å². The number of hydrogen-bond acceptors (Lipinski definition) is 6. The summed E-state index contributed by atoms with van der Waals surface area (Å²) in [5.74, 6) is -0.432. The molecule has 0 radical (unpaired) electrons. The minimum Gasteiger partial charge on any atom is -0.458 e. The van der Waals surface area contributed by atoms with E-state index in [0.717, 1.165) is 5.69 Å². The van der Waals surface area contributed by atoms with Gasteiger partial charge in [0.15, 0.2) is 5.69 Å². The molecule has 110 valence electrons. The maximum absolute atomic E-state index is 11.8. The Balaban J connectivity index is 2.00. The monoisotopic (exact) mass is 282 g/mol. The second-order valence-electron chi connectivity index (χ2n) is 5.03. The van der Waals surface area contributed by atoms with Gasteiger partial charge >= 0.3 is 5.97 Å². The van der Waals surface area contributed by atoms with Gasteiger partial charge in [-0.2, -0.15) is 5.10 Å². The largest absolute Gasteiger partial charge is 0.458 e. The number of nitro groups is 1. The van der Waals surface area contributed by atoms with Crippen LogP contribution >= 0.6 is 0 Å². The first-order valence-electron chi connectivity index (χ1n) is 6.57. The van der Waals surface area contributed by atoms with Crippen molar-refractivity contribution in [2.45, 2.75) is 33.0 Å². The number of rotatable bonds is 5. The lowest BCUT2D eigenvalue weighted by Gasteiger charge is -2.25. The number of esters is 1. The average molecular weight is 282 g/mol. The van der Waals surface area contributed by atoms with Crippen molar-refractivity contribution >= 4 is 5.97 Å². The number of nitrogens with zero attached hydrogens (tertiary/aromatic N) is 4. The molecule has 0 aliphatic carbocycles. The van der Waals surface area contributed by atoms with Crippen molar-refractivity contribution in [3.63, 3.8) is 0 Å². The molecule has 8 heteroatoms. The highest BCUT2D eigenvalue weighted by molar-refractivity contribution is 5.87. The van der Waals surface area contributed by atoms with Crippen LogP contribution in [0.1, 0.15) is 30.0 Å². The summed E-state index contributed by atoms with van der Waals surface area (Å²) >= 11 is 0. The summed E-state index contributed by atoms with van der Waals surface area (Å²) in [5.41, 5.74) is 1.18. The van der Waals surface area contributed by atoms with Gasteiger partial charge in [0.1, 0.15) is 0 Å². The molecular weight excluding hydrogens is 264 g/mol. The maximum Gasteiger partial charge on any atom is 0.359 e. The molecule has 0 N–H and O–H groups in total. The fourth-order valence-corrected chi connectivity index (χ4v) is 2.11. The predicted molar refractivity (Wildman–Crippen MR) is 69.9 cm³/mol. The van der Waals surface area contributed by atoms with Crippen molar-refractivity contribution in [2.75, 3.05) is 19.6 Å². The van der Waals surface area contributed by atoms with Gasteiger partial charge in [0.2, 0.25) is 6.54 Å². The first-order chi connectivity index (χ1) is 9.45. The van der Waals surface area contributed by atoms with Gasteiger partial charge in [0.05, 0.1) is 24.9 Å². The quantitative estimate of drug-likeness (QED) is 0.445. The summed E-state index contributed by atoms with van der Waals surface area (Å²) in [7, 11) is 0. The van der Waals surface area contributed by atoms with E-state index < -0.39 is 5.97 Å². The van der Waals surface area contributed by atoms with E-state index in [4.69, 9.17) is 4.74 Å². The standard InChI is InChI=1S/C12H18N4O4/c1-9(2)20-12(17)11-7-10-8-14(4-6-16(18)19)3-5-15(10)13-11/h7,9H,3-6,8H2,1-2H3. The highest BCUT2D eigenvalue weighted by Gasteiger charge is 2.22. The second kappa shape index (κ2) is 6.00. The van der Waals surface area contributed by atoms with Crippen molar-refractivity contribution in [1.29, 1.82) is 0 Å². The Labute approximate surface area is 116 Å². The lowest BCUT2D eigenvalue weighted by atomic mass is 10.3. The van der Waals surface area contributed by atoms with Crippen LogP contribution in [0.25, 0.3) is 0 Å². The van der Waals surface area contributed by atoms with Gasteiger partial charge in [-0.3, -0.25) is 19.7 Å². The number of ether oxygens (including phenoxy) is 1. The minimum absolute atomic E-state index is 0.0730. The van der Waals surface area contributed by atoms with Crippen molar-refractivity contribution in [2.24, 2.45) is 0 Å². The van der Waals surface area contributed by atoms with Gasteiger partial charge in [0.25, 0.3) is 0 Å². The molecule has 8 nitrogen and oxygen atoms in total. The third-order valence-corrected chi connectivity index (χ3v) is 3.03.